The van der Waals surface area contributed by atoms with Gasteiger partial charge >= 0.3 is 0 Å². The molecule has 2 nitrogen and oxygen atoms in total. The van der Waals surface area contributed by atoms with E-state index in [0.717, 1.165) is 12.8 Å². The van der Waals surface area contributed by atoms with Crippen LogP contribution in [0.1, 0.15) is 31.4 Å². The van der Waals surface area contributed by atoms with E-state index in [1.807, 2.05) is 13.1 Å². The van der Waals surface area contributed by atoms with Crippen molar-refractivity contribution in [2.45, 2.75) is 31.8 Å². The maximum absolute atomic E-state index is 5.75. The number of nitrogens with two attached hydrogens (primary N) is 1. The minimum atomic E-state index is 0.287. The highest BCUT2D eigenvalue weighted by Gasteiger charge is 2.08. The van der Waals surface area contributed by atoms with Crippen molar-refractivity contribution in [3.05, 3.63) is 35.9 Å². The highest BCUT2D eigenvalue weighted by molar-refractivity contribution is 5.18. The average Bonchev–Trinajstić information content (AvgIpc) is 2.20. The zero-order valence-corrected chi connectivity index (χ0v) is 9.03. The first-order valence-corrected chi connectivity index (χ1v) is 5.22. The highest BCUT2D eigenvalue weighted by atomic mass is 14.9. The molecule has 1 aromatic rings. The molecule has 0 fully saturated rings. The molecule has 0 heterocycles. The Labute approximate surface area is 86.5 Å². The Morgan fingerprint density at radius 1 is 1.21 bits per heavy atom. The van der Waals surface area contributed by atoms with Gasteiger partial charge in [0.15, 0.2) is 0 Å². The second kappa shape index (κ2) is 5.78. The Morgan fingerprint density at radius 3 is 2.36 bits per heavy atom. The van der Waals surface area contributed by atoms with E-state index in [1.54, 1.807) is 0 Å². The lowest BCUT2D eigenvalue weighted by Gasteiger charge is -2.17. The lowest BCUT2D eigenvalue weighted by Crippen LogP contribution is -2.21. The Balaban J connectivity index is 2.54. The van der Waals surface area contributed by atoms with Crippen molar-refractivity contribution in [3.8, 4) is 0 Å². The molecule has 1 aromatic carbocycles. The molecule has 0 spiro atoms. The van der Waals surface area contributed by atoms with Gasteiger partial charge in [-0.3, -0.25) is 0 Å². The lowest BCUT2D eigenvalue weighted by atomic mass is 10.0. The largest absolute Gasteiger partial charge is 0.328 e. The van der Waals surface area contributed by atoms with Crippen LogP contribution in [0.25, 0.3) is 0 Å². The molecule has 2 heteroatoms. The number of hydrogen-bond donors (Lipinski definition) is 2. The quantitative estimate of drug-likeness (QED) is 0.749. The maximum Gasteiger partial charge on any atom is 0.0318 e. The zero-order chi connectivity index (χ0) is 10.4. The van der Waals surface area contributed by atoms with Crippen LogP contribution >= 0.6 is 0 Å². The minimum Gasteiger partial charge on any atom is -0.328 e. The SMILES string of the molecule is CNC(CCC(C)N)c1ccccc1. The Hall–Kier alpha value is -0.860. The Morgan fingerprint density at radius 2 is 1.86 bits per heavy atom. The van der Waals surface area contributed by atoms with Crippen molar-refractivity contribution >= 4 is 0 Å². The van der Waals surface area contributed by atoms with E-state index >= 15 is 0 Å². The summed E-state index contributed by atoms with van der Waals surface area (Å²) in [6, 6.07) is 11.2. The van der Waals surface area contributed by atoms with Crippen molar-refractivity contribution in [1.82, 2.24) is 5.32 Å². The molecular weight excluding hydrogens is 172 g/mol. The molecule has 78 valence electrons. The van der Waals surface area contributed by atoms with Gasteiger partial charge in [-0.25, -0.2) is 0 Å². The number of nitrogens with one attached hydrogen (secondary N) is 1. The first-order valence-electron chi connectivity index (χ1n) is 5.22. The standard InChI is InChI=1S/C12H20N2/c1-10(13)8-9-12(14-2)11-6-4-3-5-7-11/h3-7,10,12,14H,8-9,13H2,1-2H3. The summed E-state index contributed by atoms with van der Waals surface area (Å²) < 4.78 is 0. The second-order valence-electron chi connectivity index (χ2n) is 3.81. The second-order valence-corrected chi connectivity index (χ2v) is 3.81. The van der Waals surface area contributed by atoms with Gasteiger partial charge in [0.25, 0.3) is 0 Å². The Bertz CT molecular complexity index is 244. The maximum atomic E-state index is 5.75. The molecule has 0 amide bonds. The predicted molar refractivity (Wildman–Crippen MR) is 61.1 cm³/mol. The van der Waals surface area contributed by atoms with E-state index < -0.39 is 0 Å². The number of rotatable bonds is 5. The van der Waals surface area contributed by atoms with Crippen molar-refractivity contribution in [3.63, 3.8) is 0 Å². The van der Waals surface area contributed by atoms with Crippen LogP contribution in [0.15, 0.2) is 30.3 Å². The van der Waals surface area contributed by atoms with E-state index in [1.165, 1.54) is 5.56 Å². The summed E-state index contributed by atoms with van der Waals surface area (Å²) in [6.45, 7) is 2.05. The summed E-state index contributed by atoms with van der Waals surface area (Å²) in [5.41, 5.74) is 7.09. The average molecular weight is 192 g/mol. The highest BCUT2D eigenvalue weighted by Crippen LogP contribution is 2.17. The van der Waals surface area contributed by atoms with Crippen LogP contribution in [0.3, 0.4) is 0 Å². The molecule has 0 bridgehead atoms. The van der Waals surface area contributed by atoms with Gasteiger partial charge in [0.2, 0.25) is 0 Å². The van der Waals surface area contributed by atoms with E-state index in [-0.39, 0.29) is 6.04 Å². The van der Waals surface area contributed by atoms with Gasteiger partial charge in [-0.1, -0.05) is 30.3 Å². The summed E-state index contributed by atoms with van der Waals surface area (Å²) in [7, 11) is 2.00. The van der Waals surface area contributed by atoms with Crippen LogP contribution in [0, 0.1) is 0 Å². The molecule has 0 saturated heterocycles. The zero-order valence-electron chi connectivity index (χ0n) is 9.03. The molecule has 0 aliphatic rings. The van der Waals surface area contributed by atoms with Crippen LogP contribution in [-0.2, 0) is 0 Å². The fraction of sp³-hybridized carbons (Fsp3) is 0.500. The molecule has 1 rings (SSSR count). The molecule has 3 N–H and O–H groups in total. The van der Waals surface area contributed by atoms with Gasteiger partial charge in [0.1, 0.15) is 0 Å². The van der Waals surface area contributed by atoms with E-state index in [2.05, 4.69) is 36.5 Å². The van der Waals surface area contributed by atoms with Gasteiger partial charge in [0, 0.05) is 12.1 Å². The van der Waals surface area contributed by atoms with Crippen LogP contribution in [0.5, 0.6) is 0 Å². The van der Waals surface area contributed by atoms with Crippen molar-refractivity contribution in [2.75, 3.05) is 7.05 Å². The van der Waals surface area contributed by atoms with Crippen LogP contribution in [0.2, 0.25) is 0 Å². The molecular formula is C12H20N2. The fourth-order valence-corrected chi connectivity index (χ4v) is 1.59. The number of benzene rings is 1. The smallest absolute Gasteiger partial charge is 0.0318 e. The molecule has 2 unspecified atom stereocenters. The monoisotopic (exact) mass is 192 g/mol. The summed E-state index contributed by atoms with van der Waals surface area (Å²) in [5, 5.41) is 3.32. The molecule has 0 aliphatic carbocycles. The van der Waals surface area contributed by atoms with Gasteiger partial charge in [-0.15, -0.1) is 0 Å². The fourth-order valence-electron chi connectivity index (χ4n) is 1.59. The summed E-state index contributed by atoms with van der Waals surface area (Å²) in [4.78, 5) is 0. The summed E-state index contributed by atoms with van der Waals surface area (Å²) in [5.74, 6) is 0. The molecule has 0 radical (unpaired) electrons. The summed E-state index contributed by atoms with van der Waals surface area (Å²) in [6.07, 6.45) is 2.15. The third-order valence-corrected chi connectivity index (χ3v) is 2.46. The first-order chi connectivity index (χ1) is 6.74. The lowest BCUT2D eigenvalue weighted by molar-refractivity contribution is 0.496. The minimum absolute atomic E-state index is 0.287. The van der Waals surface area contributed by atoms with Gasteiger partial charge in [-0.2, -0.15) is 0 Å². The topological polar surface area (TPSA) is 38.0 Å². The third-order valence-electron chi connectivity index (χ3n) is 2.46. The van der Waals surface area contributed by atoms with Crippen molar-refractivity contribution in [2.24, 2.45) is 5.73 Å². The van der Waals surface area contributed by atoms with E-state index in [0.29, 0.717) is 6.04 Å². The first kappa shape index (κ1) is 11.2. The normalized spacial score (nSPS) is 15.1. The molecule has 0 aliphatic heterocycles. The molecule has 2 atom stereocenters. The van der Waals surface area contributed by atoms with Crippen LogP contribution in [-0.4, -0.2) is 13.1 Å². The number of hydrogen-bond acceptors (Lipinski definition) is 2. The van der Waals surface area contributed by atoms with E-state index in [9.17, 15) is 0 Å². The molecule has 14 heavy (non-hydrogen) atoms. The predicted octanol–water partition coefficient (Wildman–Crippen LogP) is 2.07. The van der Waals surface area contributed by atoms with Gasteiger partial charge < -0.3 is 11.1 Å². The van der Waals surface area contributed by atoms with E-state index in [4.69, 9.17) is 5.73 Å². The van der Waals surface area contributed by atoms with Gasteiger partial charge in [0.05, 0.1) is 0 Å². The van der Waals surface area contributed by atoms with Crippen LogP contribution < -0.4 is 11.1 Å². The summed E-state index contributed by atoms with van der Waals surface area (Å²) >= 11 is 0. The van der Waals surface area contributed by atoms with Crippen molar-refractivity contribution < 1.29 is 0 Å². The Kier molecular flexibility index (Phi) is 4.63. The van der Waals surface area contributed by atoms with Gasteiger partial charge in [-0.05, 0) is 32.4 Å². The van der Waals surface area contributed by atoms with Crippen molar-refractivity contribution in [1.29, 1.82) is 0 Å². The molecule has 0 saturated carbocycles. The molecule has 0 aromatic heterocycles. The third kappa shape index (κ3) is 3.48. The van der Waals surface area contributed by atoms with Crippen LogP contribution in [0.4, 0.5) is 0 Å².